The number of ketones is 1. The van der Waals surface area contributed by atoms with Gasteiger partial charge in [0.2, 0.25) is 0 Å². The van der Waals surface area contributed by atoms with Crippen molar-refractivity contribution in [2.75, 3.05) is 32.1 Å². The van der Waals surface area contributed by atoms with Gasteiger partial charge in [-0.25, -0.2) is 4.79 Å². The molecule has 6 heteroatoms. The first-order valence-corrected chi connectivity index (χ1v) is 12.1. The molecule has 35 heavy (non-hydrogen) atoms. The minimum absolute atomic E-state index is 0.106. The maximum absolute atomic E-state index is 13.1. The van der Waals surface area contributed by atoms with E-state index >= 15 is 0 Å². The fourth-order valence-electron chi connectivity index (χ4n) is 3.90. The average Bonchev–Trinajstić information content (AvgIpc) is 3.73. The Balaban J connectivity index is 1.39. The zero-order valence-corrected chi connectivity index (χ0v) is 20.0. The van der Waals surface area contributed by atoms with Crippen molar-refractivity contribution in [1.29, 1.82) is 0 Å². The van der Waals surface area contributed by atoms with Crippen LogP contribution in [0.15, 0.2) is 78.9 Å². The third-order valence-corrected chi connectivity index (χ3v) is 6.06. The van der Waals surface area contributed by atoms with Gasteiger partial charge in [-0.05, 0) is 55.1 Å². The van der Waals surface area contributed by atoms with Crippen LogP contribution in [0.2, 0.25) is 0 Å². The molecule has 0 unspecified atom stereocenters. The summed E-state index contributed by atoms with van der Waals surface area (Å²) in [5.74, 6) is 1.15. The minimum Gasteiger partial charge on any atom is -0.492 e. The largest absolute Gasteiger partial charge is 0.492 e. The number of anilines is 1. The Morgan fingerprint density at radius 2 is 1.66 bits per heavy atom. The molecular weight excluding hydrogens is 440 g/mol. The Morgan fingerprint density at radius 1 is 0.943 bits per heavy atom. The quantitative estimate of drug-likeness (QED) is 0.217. The molecule has 3 aromatic carbocycles. The summed E-state index contributed by atoms with van der Waals surface area (Å²) in [6.45, 7) is 2.52. The number of rotatable bonds is 13. The van der Waals surface area contributed by atoms with E-state index in [0.717, 1.165) is 30.3 Å². The number of carbonyl (C=O) groups is 2. The summed E-state index contributed by atoms with van der Waals surface area (Å²) in [4.78, 5) is 25.7. The standard InChI is InChI=1S/C29H32N2O4/c1-34-29(33)27(19-21-13-15-24(16-14-21)35-18-17-30-20-22-11-12-22)31-26-10-6-5-9-25(26)28(32)23-7-3-2-4-8-23/h2-10,13-16,22,27,30-31H,11-12,17-20H2,1H3/t27-/m0/s1. The van der Waals surface area contributed by atoms with Crippen LogP contribution in [0, 0.1) is 5.92 Å². The third-order valence-electron chi connectivity index (χ3n) is 6.06. The van der Waals surface area contributed by atoms with Crippen molar-refractivity contribution in [3.05, 3.63) is 95.6 Å². The number of para-hydroxylation sites is 1. The highest BCUT2D eigenvalue weighted by Gasteiger charge is 2.23. The van der Waals surface area contributed by atoms with Gasteiger partial charge in [-0.3, -0.25) is 4.79 Å². The van der Waals surface area contributed by atoms with Crippen molar-refractivity contribution in [1.82, 2.24) is 5.32 Å². The summed E-state index contributed by atoms with van der Waals surface area (Å²) in [6, 6.07) is 23.4. The monoisotopic (exact) mass is 472 g/mol. The molecular formula is C29H32N2O4. The summed E-state index contributed by atoms with van der Waals surface area (Å²) in [7, 11) is 1.37. The van der Waals surface area contributed by atoms with Gasteiger partial charge in [-0.1, -0.05) is 54.6 Å². The van der Waals surface area contributed by atoms with Gasteiger partial charge in [0.1, 0.15) is 18.4 Å². The van der Waals surface area contributed by atoms with E-state index in [-0.39, 0.29) is 5.78 Å². The fraction of sp³-hybridized carbons (Fsp3) is 0.310. The Kier molecular flexibility index (Phi) is 8.52. The van der Waals surface area contributed by atoms with Crippen LogP contribution in [0.5, 0.6) is 5.75 Å². The SMILES string of the molecule is COC(=O)[C@H](Cc1ccc(OCCNCC2CC2)cc1)Nc1ccccc1C(=O)c1ccccc1. The van der Waals surface area contributed by atoms with Crippen LogP contribution >= 0.6 is 0 Å². The number of carbonyl (C=O) groups excluding carboxylic acids is 2. The highest BCUT2D eigenvalue weighted by molar-refractivity contribution is 6.12. The zero-order valence-electron chi connectivity index (χ0n) is 20.0. The van der Waals surface area contributed by atoms with Crippen LogP contribution in [0.3, 0.4) is 0 Å². The lowest BCUT2D eigenvalue weighted by Gasteiger charge is -2.20. The summed E-state index contributed by atoms with van der Waals surface area (Å²) in [5, 5.41) is 6.65. The Bertz CT molecular complexity index is 1110. The van der Waals surface area contributed by atoms with Crippen LogP contribution in [-0.2, 0) is 16.0 Å². The second-order valence-electron chi connectivity index (χ2n) is 8.80. The summed E-state index contributed by atoms with van der Waals surface area (Å²) >= 11 is 0. The molecule has 3 aromatic rings. The lowest BCUT2D eigenvalue weighted by molar-refractivity contribution is -0.141. The van der Waals surface area contributed by atoms with E-state index in [0.29, 0.717) is 29.8 Å². The van der Waals surface area contributed by atoms with E-state index in [2.05, 4.69) is 10.6 Å². The summed E-state index contributed by atoms with van der Waals surface area (Å²) in [6.07, 6.45) is 3.08. The molecule has 0 amide bonds. The molecule has 6 nitrogen and oxygen atoms in total. The third kappa shape index (κ3) is 7.17. The average molecular weight is 473 g/mol. The molecule has 1 aliphatic rings. The summed E-state index contributed by atoms with van der Waals surface area (Å²) in [5.41, 5.74) is 2.65. The Morgan fingerprint density at radius 3 is 2.37 bits per heavy atom. The Labute approximate surface area is 206 Å². The first kappa shape index (κ1) is 24.5. The number of hydrogen-bond donors (Lipinski definition) is 2. The van der Waals surface area contributed by atoms with Crippen molar-refractivity contribution in [2.24, 2.45) is 5.92 Å². The van der Waals surface area contributed by atoms with Gasteiger partial charge in [0.25, 0.3) is 0 Å². The van der Waals surface area contributed by atoms with Crippen LogP contribution in [0.25, 0.3) is 0 Å². The van der Waals surface area contributed by atoms with E-state index in [1.807, 2.05) is 54.6 Å². The number of ether oxygens (including phenoxy) is 2. The molecule has 0 aliphatic heterocycles. The molecule has 0 radical (unpaired) electrons. The lowest BCUT2D eigenvalue weighted by atomic mass is 10.00. The number of methoxy groups -OCH3 is 1. The highest BCUT2D eigenvalue weighted by Crippen LogP contribution is 2.27. The molecule has 0 heterocycles. The number of hydrogen-bond acceptors (Lipinski definition) is 6. The number of benzene rings is 3. The van der Waals surface area contributed by atoms with Gasteiger partial charge in [-0.15, -0.1) is 0 Å². The van der Waals surface area contributed by atoms with Gasteiger partial charge in [0, 0.05) is 29.8 Å². The normalized spacial score (nSPS) is 13.6. The van der Waals surface area contributed by atoms with E-state index in [1.165, 1.54) is 20.0 Å². The first-order valence-electron chi connectivity index (χ1n) is 12.1. The number of esters is 1. The molecule has 1 saturated carbocycles. The molecule has 1 aliphatic carbocycles. The topological polar surface area (TPSA) is 76.7 Å². The minimum atomic E-state index is -0.650. The van der Waals surface area contributed by atoms with Crippen molar-refractivity contribution in [3.63, 3.8) is 0 Å². The van der Waals surface area contributed by atoms with Crippen molar-refractivity contribution in [2.45, 2.75) is 25.3 Å². The van der Waals surface area contributed by atoms with E-state index < -0.39 is 12.0 Å². The van der Waals surface area contributed by atoms with E-state index in [1.54, 1.807) is 24.3 Å². The predicted octanol–water partition coefficient (Wildman–Crippen LogP) is 4.49. The number of nitrogens with one attached hydrogen (secondary N) is 2. The van der Waals surface area contributed by atoms with Crippen LogP contribution in [0.1, 0.15) is 34.3 Å². The molecule has 0 saturated heterocycles. The summed E-state index contributed by atoms with van der Waals surface area (Å²) < 4.78 is 10.9. The Hall–Kier alpha value is -3.64. The molecule has 2 N–H and O–H groups in total. The maximum atomic E-state index is 13.1. The highest BCUT2D eigenvalue weighted by atomic mass is 16.5. The van der Waals surface area contributed by atoms with E-state index in [9.17, 15) is 9.59 Å². The smallest absolute Gasteiger partial charge is 0.328 e. The molecule has 182 valence electrons. The van der Waals surface area contributed by atoms with Crippen LogP contribution < -0.4 is 15.4 Å². The molecule has 1 atom stereocenters. The van der Waals surface area contributed by atoms with Crippen LogP contribution in [-0.4, -0.2) is 44.6 Å². The molecule has 0 bridgehead atoms. The van der Waals surface area contributed by atoms with Crippen molar-refractivity contribution >= 4 is 17.4 Å². The molecule has 1 fully saturated rings. The van der Waals surface area contributed by atoms with Gasteiger partial charge in [0.05, 0.1) is 7.11 Å². The van der Waals surface area contributed by atoms with E-state index in [4.69, 9.17) is 9.47 Å². The zero-order chi connectivity index (χ0) is 24.5. The second-order valence-corrected chi connectivity index (χ2v) is 8.80. The molecule has 4 rings (SSSR count). The van der Waals surface area contributed by atoms with Gasteiger partial charge in [0.15, 0.2) is 5.78 Å². The molecule has 0 spiro atoms. The van der Waals surface area contributed by atoms with Gasteiger partial charge >= 0.3 is 5.97 Å². The van der Waals surface area contributed by atoms with Crippen molar-refractivity contribution in [3.8, 4) is 5.75 Å². The maximum Gasteiger partial charge on any atom is 0.328 e. The van der Waals surface area contributed by atoms with Crippen molar-refractivity contribution < 1.29 is 19.1 Å². The molecule has 0 aromatic heterocycles. The fourth-order valence-corrected chi connectivity index (χ4v) is 3.90. The van der Waals surface area contributed by atoms with Gasteiger partial charge in [-0.2, -0.15) is 0 Å². The van der Waals surface area contributed by atoms with Crippen LogP contribution in [0.4, 0.5) is 5.69 Å². The first-order chi connectivity index (χ1) is 17.1. The predicted molar refractivity (Wildman–Crippen MR) is 137 cm³/mol. The second kappa shape index (κ2) is 12.2. The van der Waals surface area contributed by atoms with Gasteiger partial charge < -0.3 is 20.1 Å². The lowest BCUT2D eigenvalue weighted by Crippen LogP contribution is -2.33.